The standard InChI is InChI=1S/C19H20ClN3O2.C2H6/c1-13-21-17-5-3-14(22-7-9-25-10-8-22)12-18(17)23(13)15-4-6-19(24-2)16(20)11-15;1-2/h3-6,11-12H,7-10H2,1-2H3;1-2H3. The number of halogens is 1. The molecular weight excluding hydrogens is 362 g/mol. The summed E-state index contributed by atoms with van der Waals surface area (Å²) < 4.78 is 12.8. The maximum Gasteiger partial charge on any atom is 0.137 e. The van der Waals surface area contributed by atoms with Crippen LogP contribution in [0.4, 0.5) is 5.69 Å². The zero-order valence-electron chi connectivity index (χ0n) is 16.3. The Labute approximate surface area is 165 Å². The Morgan fingerprint density at radius 3 is 2.41 bits per heavy atom. The molecule has 27 heavy (non-hydrogen) atoms. The van der Waals surface area contributed by atoms with Crippen molar-refractivity contribution in [3.05, 3.63) is 47.2 Å². The Kier molecular flexibility index (Phi) is 6.24. The van der Waals surface area contributed by atoms with Gasteiger partial charge in [0.25, 0.3) is 0 Å². The van der Waals surface area contributed by atoms with E-state index < -0.39 is 0 Å². The lowest BCUT2D eigenvalue weighted by Crippen LogP contribution is -2.36. The van der Waals surface area contributed by atoms with Crippen molar-refractivity contribution in [3.63, 3.8) is 0 Å². The summed E-state index contributed by atoms with van der Waals surface area (Å²) in [5.74, 6) is 1.59. The summed E-state index contributed by atoms with van der Waals surface area (Å²) >= 11 is 6.32. The van der Waals surface area contributed by atoms with E-state index in [1.54, 1.807) is 7.11 Å². The van der Waals surface area contributed by atoms with Gasteiger partial charge in [0.05, 0.1) is 36.4 Å². The van der Waals surface area contributed by atoms with Crippen LogP contribution < -0.4 is 9.64 Å². The van der Waals surface area contributed by atoms with Crippen LogP contribution in [0.1, 0.15) is 19.7 Å². The second-order valence-electron chi connectivity index (χ2n) is 6.09. The van der Waals surface area contributed by atoms with Crippen molar-refractivity contribution < 1.29 is 9.47 Å². The van der Waals surface area contributed by atoms with Crippen LogP contribution in [0.3, 0.4) is 0 Å². The quantitative estimate of drug-likeness (QED) is 0.643. The van der Waals surface area contributed by atoms with Crippen molar-refractivity contribution in [2.45, 2.75) is 20.8 Å². The summed E-state index contributed by atoms with van der Waals surface area (Å²) in [7, 11) is 1.62. The average molecular weight is 388 g/mol. The van der Waals surface area contributed by atoms with Crippen LogP contribution in [0.5, 0.6) is 5.75 Å². The van der Waals surface area contributed by atoms with Gasteiger partial charge in [-0.15, -0.1) is 0 Å². The third-order valence-electron chi connectivity index (χ3n) is 4.58. The van der Waals surface area contributed by atoms with Gasteiger partial charge in [-0.05, 0) is 43.3 Å². The second kappa shape index (κ2) is 8.63. The van der Waals surface area contributed by atoms with E-state index in [4.69, 9.17) is 26.1 Å². The predicted molar refractivity (Wildman–Crippen MR) is 112 cm³/mol. The number of imidazole rings is 1. The van der Waals surface area contributed by atoms with Crippen molar-refractivity contribution in [1.82, 2.24) is 9.55 Å². The second-order valence-corrected chi connectivity index (χ2v) is 6.49. The smallest absolute Gasteiger partial charge is 0.137 e. The third kappa shape index (κ3) is 3.89. The van der Waals surface area contributed by atoms with E-state index in [1.165, 1.54) is 5.69 Å². The Bertz CT molecular complexity index is 917. The van der Waals surface area contributed by atoms with Crippen LogP contribution in [0.15, 0.2) is 36.4 Å². The lowest BCUT2D eigenvalue weighted by molar-refractivity contribution is 0.122. The molecule has 1 saturated heterocycles. The number of morpholine rings is 1. The molecule has 0 amide bonds. The summed E-state index contributed by atoms with van der Waals surface area (Å²) in [4.78, 5) is 7.04. The highest BCUT2D eigenvalue weighted by atomic mass is 35.5. The maximum absolute atomic E-state index is 6.32. The van der Waals surface area contributed by atoms with Gasteiger partial charge in [-0.1, -0.05) is 25.4 Å². The summed E-state index contributed by atoms with van der Waals surface area (Å²) in [6, 6.07) is 12.2. The number of aryl methyl sites for hydroxylation is 1. The van der Waals surface area contributed by atoms with Gasteiger partial charge in [0.2, 0.25) is 0 Å². The third-order valence-corrected chi connectivity index (χ3v) is 4.87. The van der Waals surface area contributed by atoms with E-state index in [1.807, 2.05) is 39.0 Å². The minimum absolute atomic E-state index is 0.589. The predicted octanol–water partition coefficient (Wildman–Crippen LogP) is 4.86. The summed E-state index contributed by atoms with van der Waals surface area (Å²) in [5, 5.41) is 0.589. The van der Waals surface area contributed by atoms with Gasteiger partial charge in [-0.3, -0.25) is 4.57 Å². The Morgan fingerprint density at radius 1 is 1.04 bits per heavy atom. The number of methoxy groups -OCH3 is 1. The maximum atomic E-state index is 6.32. The van der Waals surface area contributed by atoms with Crippen molar-refractivity contribution in [2.75, 3.05) is 38.3 Å². The molecule has 144 valence electrons. The van der Waals surface area contributed by atoms with E-state index in [0.717, 1.165) is 48.8 Å². The molecule has 2 aromatic carbocycles. The van der Waals surface area contributed by atoms with Crippen molar-refractivity contribution >= 4 is 28.3 Å². The minimum atomic E-state index is 0.589. The fraction of sp³-hybridized carbons (Fsp3) is 0.381. The van der Waals surface area contributed by atoms with E-state index in [-0.39, 0.29) is 0 Å². The highest BCUT2D eigenvalue weighted by molar-refractivity contribution is 6.32. The molecule has 3 aromatic rings. The fourth-order valence-corrected chi connectivity index (χ4v) is 3.57. The molecule has 0 aliphatic carbocycles. The summed E-state index contributed by atoms with van der Waals surface area (Å²) in [6.45, 7) is 9.36. The molecule has 1 aromatic heterocycles. The van der Waals surface area contributed by atoms with Crippen LogP contribution in [0.2, 0.25) is 5.02 Å². The van der Waals surface area contributed by atoms with E-state index >= 15 is 0 Å². The van der Waals surface area contributed by atoms with Crippen molar-refractivity contribution in [3.8, 4) is 11.4 Å². The summed E-state index contributed by atoms with van der Waals surface area (Å²) in [6.07, 6.45) is 0. The molecule has 1 fully saturated rings. The minimum Gasteiger partial charge on any atom is -0.495 e. The lowest BCUT2D eigenvalue weighted by atomic mass is 10.2. The average Bonchev–Trinajstić information content (AvgIpc) is 3.05. The molecule has 2 heterocycles. The van der Waals surface area contributed by atoms with Crippen molar-refractivity contribution in [1.29, 1.82) is 0 Å². The van der Waals surface area contributed by atoms with E-state index in [9.17, 15) is 0 Å². The van der Waals surface area contributed by atoms with Crippen molar-refractivity contribution in [2.24, 2.45) is 0 Å². The normalized spacial score (nSPS) is 14.0. The Hall–Kier alpha value is -2.24. The van der Waals surface area contributed by atoms with Crippen LogP contribution in [-0.2, 0) is 4.74 Å². The van der Waals surface area contributed by atoms with Gasteiger partial charge in [-0.2, -0.15) is 0 Å². The zero-order valence-corrected chi connectivity index (χ0v) is 17.1. The SMILES string of the molecule is CC.COc1ccc(-n2c(C)nc3ccc(N4CCOCC4)cc32)cc1Cl. The first kappa shape index (κ1) is 19.5. The zero-order chi connectivity index (χ0) is 19.4. The Morgan fingerprint density at radius 2 is 1.74 bits per heavy atom. The number of nitrogens with zero attached hydrogens (tertiary/aromatic N) is 3. The first-order valence-corrected chi connectivity index (χ1v) is 9.71. The van der Waals surface area contributed by atoms with Gasteiger partial charge in [-0.25, -0.2) is 4.98 Å². The lowest BCUT2D eigenvalue weighted by Gasteiger charge is -2.28. The number of benzene rings is 2. The molecule has 1 aliphatic rings. The molecule has 4 rings (SSSR count). The number of fused-ring (bicyclic) bond motifs is 1. The first-order valence-electron chi connectivity index (χ1n) is 9.33. The molecule has 0 unspecified atom stereocenters. The molecule has 5 nitrogen and oxygen atoms in total. The van der Waals surface area contributed by atoms with Crippen LogP contribution in [0.25, 0.3) is 16.7 Å². The number of anilines is 1. The number of hydrogen-bond donors (Lipinski definition) is 0. The van der Waals surface area contributed by atoms with Gasteiger partial charge >= 0.3 is 0 Å². The van der Waals surface area contributed by atoms with E-state index in [2.05, 4.69) is 27.7 Å². The molecule has 0 saturated carbocycles. The molecule has 0 bridgehead atoms. The molecule has 0 atom stereocenters. The first-order chi connectivity index (χ1) is 13.2. The van der Waals surface area contributed by atoms with Gasteiger partial charge < -0.3 is 14.4 Å². The number of rotatable bonds is 3. The van der Waals surface area contributed by atoms with Crippen LogP contribution >= 0.6 is 11.6 Å². The van der Waals surface area contributed by atoms with Crippen LogP contribution in [0, 0.1) is 6.92 Å². The topological polar surface area (TPSA) is 39.5 Å². The molecule has 0 radical (unpaired) electrons. The largest absolute Gasteiger partial charge is 0.495 e. The van der Waals surface area contributed by atoms with Gasteiger partial charge in [0.1, 0.15) is 11.6 Å². The monoisotopic (exact) mass is 387 g/mol. The highest BCUT2D eigenvalue weighted by Gasteiger charge is 2.15. The highest BCUT2D eigenvalue weighted by Crippen LogP contribution is 2.31. The van der Waals surface area contributed by atoms with Crippen LogP contribution in [-0.4, -0.2) is 43.0 Å². The molecule has 6 heteroatoms. The van der Waals surface area contributed by atoms with E-state index in [0.29, 0.717) is 10.8 Å². The number of hydrogen-bond acceptors (Lipinski definition) is 4. The number of ether oxygens (including phenoxy) is 2. The van der Waals surface area contributed by atoms with Gasteiger partial charge in [0, 0.05) is 24.5 Å². The molecule has 0 spiro atoms. The van der Waals surface area contributed by atoms with Gasteiger partial charge in [0.15, 0.2) is 0 Å². The summed E-state index contributed by atoms with van der Waals surface area (Å²) in [5.41, 5.74) is 4.21. The fourth-order valence-electron chi connectivity index (χ4n) is 3.32. The molecular formula is C21H26ClN3O2. The Balaban J connectivity index is 0.00000102. The molecule has 0 N–H and O–H groups in total. The molecule has 1 aliphatic heterocycles. The number of aromatic nitrogens is 2.